The molecule has 1 aromatic rings. The number of hydrogen-bond donors (Lipinski definition) is 1. The van der Waals surface area contributed by atoms with E-state index in [0.717, 1.165) is 12.8 Å². The van der Waals surface area contributed by atoms with Gasteiger partial charge in [0.1, 0.15) is 0 Å². The molecule has 0 fully saturated rings. The maximum absolute atomic E-state index is 11.7. The number of hydrogen-bond acceptors (Lipinski definition) is 1. The van der Waals surface area contributed by atoms with Gasteiger partial charge in [0.25, 0.3) is 5.91 Å². The zero-order valence-corrected chi connectivity index (χ0v) is 11.5. The molecule has 0 aliphatic heterocycles. The highest BCUT2D eigenvalue weighted by Gasteiger charge is 2.08. The largest absolute Gasteiger partial charge is 0.352 e. The first-order chi connectivity index (χ1) is 7.61. The first kappa shape index (κ1) is 13.5. The van der Waals surface area contributed by atoms with E-state index >= 15 is 0 Å². The predicted molar refractivity (Wildman–Crippen MR) is 71.4 cm³/mol. The Hall–Kier alpha value is -0.540. The van der Waals surface area contributed by atoms with Crippen LogP contribution in [0.1, 0.15) is 30.1 Å². The molecule has 1 amide bonds. The fourth-order valence-corrected chi connectivity index (χ4v) is 1.87. The van der Waals surface area contributed by atoms with Gasteiger partial charge >= 0.3 is 0 Å². The number of carbonyl (C=O) groups excluding carboxylic acids is 1. The lowest BCUT2D eigenvalue weighted by Gasteiger charge is -2.07. The van der Waals surface area contributed by atoms with E-state index in [2.05, 4.69) is 28.2 Å². The van der Waals surface area contributed by atoms with Crippen molar-refractivity contribution in [2.75, 3.05) is 6.54 Å². The third kappa shape index (κ3) is 4.54. The molecule has 0 aliphatic carbocycles. The fourth-order valence-electron chi connectivity index (χ4n) is 1.33. The summed E-state index contributed by atoms with van der Waals surface area (Å²) in [4.78, 5) is 12.2. The smallest absolute Gasteiger partial charge is 0.252 e. The molecule has 1 unspecified atom stereocenters. The second-order valence-corrected chi connectivity index (χ2v) is 5.63. The van der Waals surface area contributed by atoms with Crippen molar-refractivity contribution < 1.29 is 4.79 Å². The molecule has 1 N–H and O–H groups in total. The van der Waals surface area contributed by atoms with Gasteiger partial charge in [-0.1, -0.05) is 46.6 Å². The number of benzene rings is 1. The van der Waals surface area contributed by atoms with Gasteiger partial charge < -0.3 is 5.32 Å². The summed E-state index contributed by atoms with van der Waals surface area (Å²) in [6.07, 6.45) is 2.01. The van der Waals surface area contributed by atoms with Crippen molar-refractivity contribution in [3.8, 4) is 0 Å². The standard InChI is InChI=1S/C12H15BrClNO/c1-9(13)5-4-8-15-12(16)10-6-2-3-7-11(10)14/h2-3,6-7,9H,4-5,8H2,1H3,(H,15,16). The van der Waals surface area contributed by atoms with E-state index in [1.807, 2.05) is 6.07 Å². The summed E-state index contributed by atoms with van der Waals surface area (Å²) >= 11 is 9.38. The van der Waals surface area contributed by atoms with Gasteiger partial charge in [-0.25, -0.2) is 0 Å². The lowest BCUT2D eigenvalue weighted by Crippen LogP contribution is -2.25. The van der Waals surface area contributed by atoms with Crippen molar-refractivity contribution >= 4 is 33.4 Å². The molecule has 1 atom stereocenters. The Bertz CT molecular complexity index is 355. The minimum absolute atomic E-state index is 0.104. The van der Waals surface area contributed by atoms with Crippen molar-refractivity contribution in [2.24, 2.45) is 0 Å². The van der Waals surface area contributed by atoms with Crippen molar-refractivity contribution in [3.63, 3.8) is 0 Å². The topological polar surface area (TPSA) is 29.1 Å². The summed E-state index contributed by atoms with van der Waals surface area (Å²) in [6.45, 7) is 2.77. The third-order valence-corrected chi connectivity index (χ3v) is 2.97. The zero-order chi connectivity index (χ0) is 12.0. The summed E-state index contributed by atoms with van der Waals surface area (Å²) in [6, 6.07) is 7.06. The monoisotopic (exact) mass is 303 g/mol. The highest BCUT2D eigenvalue weighted by molar-refractivity contribution is 9.09. The summed E-state index contributed by atoms with van der Waals surface area (Å²) in [5.74, 6) is -0.104. The van der Waals surface area contributed by atoms with Gasteiger partial charge in [0.05, 0.1) is 10.6 Å². The van der Waals surface area contributed by atoms with Gasteiger partial charge in [-0.3, -0.25) is 4.79 Å². The molecule has 0 radical (unpaired) electrons. The van der Waals surface area contributed by atoms with Crippen LogP contribution in [0.25, 0.3) is 0 Å². The van der Waals surface area contributed by atoms with E-state index < -0.39 is 0 Å². The summed E-state index contributed by atoms with van der Waals surface area (Å²) in [5, 5.41) is 3.35. The Kier molecular flexibility index (Phi) is 5.85. The molecular weight excluding hydrogens is 289 g/mol. The average Bonchev–Trinajstić information content (AvgIpc) is 2.24. The molecular formula is C12H15BrClNO. The summed E-state index contributed by atoms with van der Waals surface area (Å²) < 4.78 is 0. The molecule has 16 heavy (non-hydrogen) atoms. The highest BCUT2D eigenvalue weighted by Crippen LogP contribution is 2.14. The molecule has 2 nitrogen and oxygen atoms in total. The molecule has 0 aromatic heterocycles. The van der Waals surface area contributed by atoms with Crippen LogP contribution < -0.4 is 5.32 Å². The molecule has 0 aliphatic rings. The van der Waals surface area contributed by atoms with Crippen molar-refractivity contribution in [3.05, 3.63) is 34.9 Å². The van der Waals surface area contributed by atoms with E-state index in [9.17, 15) is 4.79 Å². The first-order valence-electron chi connectivity index (χ1n) is 5.28. The molecule has 0 spiro atoms. The molecule has 1 aromatic carbocycles. The van der Waals surface area contributed by atoms with Crippen LogP contribution in [0.5, 0.6) is 0 Å². The maximum atomic E-state index is 11.7. The van der Waals surface area contributed by atoms with Crippen LogP contribution in [0.3, 0.4) is 0 Å². The van der Waals surface area contributed by atoms with E-state index in [1.54, 1.807) is 18.2 Å². The molecule has 1 rings (SSSR count). The SMILES string of the molecule is CC(Br)CCCNC(=O)c1ccccc1Cl. The van der Waals surface area contributed by atoms with E-state index in [-0.39, 0.29) is 5.91 Å². The second kappa shape index (κ2) is 6.92. The molecule has 0 saturated heterocycles. The van der Waals surface area contributed by atoms with Crippen LogP contribution in [-0.4, -0.2) is 17.3 Å². The third-order valence-electron chi connectivity index (χ3n) is 2.18. The molecule has 4 heteroatoms. The van der Waals surface area contributed by atoms with Crippen molar-refractivity contribution in [1.29, 1.82) is 0 Å². The van der Waals surface area contributed by atoms with Gasteiger partial charge in [0.15, 0.2) is 0 Å². The number of amides is 1. The van der Waals surface area contributed by atoms with Gasteiger partial charge in [-0.05, 0) is 25.0 Å². The highest BCUT2D eigenvalue weighted by atomic mass is 79.9. The molecule has 88 valence electrons. The van der Waals surface area contributed by atoms with Crippen molar-refractivity contribution in [1.82, 2.24) is 5.32 Å². The Labute approximate surface area is 110 Å². The minimum atomic E-state index is -0.104. The quantitative estimate of drug-likeness (QED) is 0.653. The van der Waals surface area contributed by atoms with E-state index in [0.29, 0.717) is 22.0 Å². The summed E-state index contributed by atoms with van der Waals surface area (Å²) in [7, 11) is 0. The number of halogens is 2. The minimum Gasteiger partial charge on any atom is -0.352 e. The first-order valence-corrected chi connectivity index (χ1v) is 6.57. The van der Waals surface area contributed by atoms with E-state index in [4.69, 9.17) is 11.6 Å². The second-order valence-electron chi connectivity index (χ2n) is 3.66. The lowest BCUT2D eigenvalue weighted by atomic mass is 10.2. The Morgan fingerprint density at radius 1 is 1.50 bits per heavy atom. The zero-order valence-electron chi connectivity index (χ0n) is 9.17. The number of nitrogens with one attached hydrogen (secondary N) is 1. The predicted octanol–water partition coefficient (Wildman–Crippen LogP) is 3.63. The van der Waals surface area contributed by atoms with Crippen LogP contribution >= 0.6 is 27.5 Å². The number of alkyl halides is 1. The normalized spacial score (nSPS) is 12.2. The van der Waals surface area contributed by atoms with Crippen LogP contribution in [0.4, 0.5) is 0 Å². The van der Waals surface area contributed by atoms with Gasteiger partial charge in [0, 0.05) is 11.4 Å². The lowest BCUT2D eigenvalue weighted by molar-refractivity contribution is 0.0953. The average molecular weight is 305 g/mol. The van der Waals surface area contributed by atoms with Gasteiger partial charge in [-0.2, -0.15) is 0 Å². The van der Waals surface area contributed by atoms with Crippen LogP contribution in [-0.2, 0) is 0 Å². The fraction of sp³-hybridized carbons (Fsp3) is 0.417. The number of rotatable bonds is 5. The van der Waals surface area contributed by atoms with Crippen LogP contribution in [0.15, 0.2) is 24.3 Å². The Morgan fingerprint density at radius 2 is 2.19 bits per heavy atom. The maximum Gasteiger partial charge on any atom is 0.252 e. The van der Waals surface area contributed by atoms with Crippen LogP contribution in [0, 0.1) is 0 Å². The summed E-state index contributed by atoms with van der Waals surface area (Å²) in [5.41, 5.74) is 0.538. The Balaban J connectivity index is 2.39. The van der Waals surface area contributed by atoms with Crippen molar-refractivity contribution in [2.45, 2.75) is 24.6 Å². The molecule has 0 heterocycles. The van der Waals surface area contributed by atoms with Gasteiger partial charge in [0.2, 0.25) is 0 Å². The van der Waals surface area contributed by atoms with E-state index in [1.165, 1.54) is 0 Å². The number of carbonyl (C=O) groups is 1. The molecule has 0 saturated carbocycles. The van der Waals surface area contributed by atoms with Gasteiger partial charge in [-0.15, -0.1) is 0 Å². The van der Waals surface area contributed by atoms with Crippen LogP contribution in [0.2, 0.25) is 5.02 Å². The Morgan fingerprint density at radius 3 is 2.81 bits per heavy atom. The molecule has 0 bridgehead atoms.